The van der Waals surface area contributed by atoms with E-state index >= 15 is 0 Å². The van der Waals surface area contributed by atoms with Gasteiger partial charge in [-0.05, 0) is 24.1 Å². The fraction of sp³-hybridized carbons (Fsp3) is 0.250. The first-order chi connectivity index (χ1) is 4.83. The van der Waals surface area contributed by atoms with E-state index in [0.717, 1.165) is 17.4 Å². The largest absolute Gasteiger partial charge is 0.399 e. The number of anilines is 1. The van der Waals surface area contributed by atoms with Crippen LogP contribution in [0.25, 0.3) is 0 Å². The molecule has 0 amide bonds. The first-order valence-corrected chi connectivity index (χ1v) is 4.35. The molecule has 0 saturated carbocycles. The molecule has 1 rings (SSSR count). The lowest BCUT2D eigenvalue weighted by Gasteiger charge is -1.96. The molecule has 0 atom stereocenters. The van der Waals surface area contributed by atoms with E-state index in [2.05, 4.69) is 28.1 Å². The van der Waals surface area contributed by atoms with E-state index in [1.54, 1.807) is 0 Å². The maximum Gasteiger partial charge on any atom is 0.0314 e. The lowest BCUT2D eigenvalue weighted by Crippen LogP contribution is -1.87. The predicted molar refractivity (Wildman–Crippen MR) is 55.6 cm³/mol. The Balaban J connectivity index is 0.000001000. The van der Waals surface area contributed by atoms with Crippen molar-refractivity contribution in [2.75, 3.05) is 11.1 Å². The van der Waals surface area contributed by atoms with E-state index in [1.807, 2.05) is 12.1 Å². The fourth-order valence-corrected chi connectivity index (χ4v) is 1.25. The van der Waals surface area contributed by atoms with E-state index in [1.165, 1.54) is 5.56 Å². The average Bonchev–Trinajstić information content (AvgIpc) is 1.95. The Kier molecular flexibility index (Phi) is 5.34. The third-order valence-electron chi connectivity index (χ3n) is 1.36. The zero-order valence-electron chi connectivity index (χ0n) is 6.09. The Morgan fingerprint density at radius 1 is 1.18 bits per heavy atom. The van der Waals surface area contributed by atoms with Gasteiger partial charge in [0, 0.05) is 11.0 Å². The van der Waals surface area contributed by atoms with Crippen LogP contribution in [-0.4, -0.2) is 5.33 Å². The number of benzene rings is 1. The van der Waals surface area contributed by atoms with Gasteiger partial charge in [0.05, 0.1) is 0 Å². The highest BCUT2D eigenvalue weighted by Crippen LogP contribution is 2.06. The molecule has 0 unspecified atom stereocenters. The summed E-state index contributed by atoms with van der Waals surface area (Å²) in [5, 5.41) is 1.01. The third-order valence-corrected chi connectivity index (χ3v) is 1.76. The van der Waals surface area contributed by atoms with Crippen LogP contribution in [0.4, 0.5) is 5.69 Å². The number of aryl methyl sites for hydroxylation is 1. The van der Waals surface area contributed by atoms with Gasteiger partial charge in [-0.15, -0.1) is 12.4 Å². The second kappa shape index (κ2) is 5.44. The summed E-state index contributed by atoms with van der Waals surface area (Å²) in [7, 11) is 0. The molecule has 0 aliphatic heterocycles. The minimum Gasteiger partial charge on any atom is -0.399 e. The predicted octanol–water partition coefficient (Wildman–Crippen LogP) is 2.63. The Morgan fingerprint density at radius 3 is 2.18 bits per heavy atom. The molecule has 62 valence electrons. The monoisotopic (exact) mass is 235 g/mol. The van der Waals surface area contributed by atoms with Gasteiger partial charge < -0.3 is 5.73 Å². The number of nitrogens with two attached hydrogens (primary N) is 1. The van der Waals surface area contributed by atoms with E-state index in [9.17, 15) is 0 Å². The van der Waals surface area contributed by atoms with Gasteiger partial charge in [-0.1, -0.05) is 28.1 Å². The van der Waals surface area contributed by atoms with Crippen LogP contribution in [0, 0.1) is 0 Å². The molecule has 1 aromatic carbocycles. The highest BCUT2D eigenvalue weighted by Gasteiger charge is 1.88. The quantitative estimate of drug-likeness (QED) is 0.620. The van der Waals surface area contributed by atoms with Crippen LogP contribution in [-0.2, 0) is 6.42 Å². The van der Waals surface area contributed by atoms with Crippen molar-refractivity contribution in [2.45, 2.75) is 6.42 Å². The summed E-state index contributed by atoms with van der Waals surface area (Å²) < 4.78 is 0. The van der Waals surface area contributed by atoms with E-state index in [4.69, 9.17) is 5.73 Å². The zero-order chi connectivity index (χ0) is 7.40. The van der Waals surface area contributed by atoms with Crippen molar-refractivity contribution in [3.8, 4) is 0 Å². The summed E-state index contributed by atoms with van der Waals surface area (Å²) in [6.45, 7) is 0. The topological polar surface area (TPSA) is 26.0 Å². The van der Waals surface area contributed by atoms with Gasteiger partial charge in [-0.3, -0.25) is 0 Å². The number of alkyl halides is 1. The molecule has 3 heteroatoms. The zero-order valence-corrected chi connectivity index (χ0v) is 8.49. The number of halogens is 2. The third kappa shape index (κ3) is 3.63. The molecular formula is C8H11BrClN. The van der Waals surface area contributed by atoms with Gasteiger partial charge in [0.1, 0.15) is 0 Å². The molecular weight excluding hydrogens is 225 g/mol. The van der Waals surface area contributed by atoms with E-state index in [0.29, 0.717) is 0 Å². The molecule has 0 bridgehead atoms. The standard InChI is InChI=1S/C8H10BrN.ClH/c9-6-5-7-1-3-8(10)4-2-7;/h1-4H,5-6,10H2;1H. The number of hydrogen-bond acceptors (Lipinski definition) is 1. The summed E-state index contributed by atoms with van der Waals surface area (Å²) in [6, 6.07) is 7.96. The van der Waals surface area contributed by atoms with Gasteiger partial charge in [0.2, 0.25) is 0 Å². The molecule has 0 heterocycles. The minimum atomic E-state index is 0. The summed E-state index contributed by atoms with van der Waals surface area (Å²) in [5.74, 6) is 0. The first kappa shape index (κ1) is 10.8. The van der Waals surface area contributed by atoms with Crippen LogP contribution in [0.1, 0.15) is 5.56 Å². The Hall–Kier alpha value is -0.210. The number of hydrogen-bond donors (Lipinski definition) is 1. The van der Waals surface area contributed by atoms with Crippen molar-refractivity contribution in [2.24, 2.45) is 0 Å². The molecule has 2 N–H and O–H groups in total. The van der Waals surface area contributed by atoms with Crippen molar-refractivity contribution < 1.29 is 0 Å². The molecule has 0 fully saturated rings. The maximum atomic E-state index is 5.51. The Bertz CT molecular complexity index is 198. The van der Waals surface area contributed by atoms with Crippen LogP contribution in [0.5, 0.6) is 0 Å². The summed E-state index contributed by atoms with van der Waals surface area (Å²) in [6.07, 6.45) is 1.07. The second-order valence-corrected chi connectivity index (χ2v) is 2.97. The molecule has 11 heavy (non-hydrogen) atoms. The first-order valence-electron chi connectivity index (χ1n) is 3.23. The smallest absolute Gasteiger partial charge is 0.0314 e. The lowest BCUT2D eigenvalue weighted by molar-refractivity contribution is 1.17. The van der Waals surface area contributed by atoms with Crippen LogP contribution in [0.2, 0.25) is 0 Å². The van der Waals surface area contributed by atoms with Gasteiger partial charge in [-0.2, -0.15) is 0 Å². The van der Waals surface area contributed by atoms with Crippen molar-refractivity contribution in [1.82, 2.24) is 0 Å². The Labute approximate surface area is 81.5 Å². The van der Waals surface area contributed by atoms with Gasteiger partial charge in [0.15, 0.2) is 0 Å². The summed E-state index contributed by atoms with van der Waals surface area (Å²) in [5.41, 5.74) is 7.67. The van der Waals surface area contributed by atoms with Crippen molar-refractivity contribution >= 4 is 34.0 Å². The van der Waals surface area contributed by atoms with Crippen LogP contribution >= 0.6 is 28.3 Å². The molecule has 1 aromatic rings. The van der Waals surface area contributed by atoms with Crippen LogP contribution < -0.4 is 5.73 Å². The highest BCUT2D eigenvalue weighted by molar-refractivity contribution is 9.09. The van der Waals surface area contributed by atoms with Crippen molar-refractivity contribution in [1.29, 1.82) is 0 Å². The lowest BCUT2D eigenvalue weighted by atomic mass is 10.2. The number of rotatable bonds is 2. The SMILES string of the molecule is Cl.Nc1ccc(CCBr)cc1. The molecule has 0 saturated heterocycles. The van der Waals surface area contributed by atoms with Gasteiger partial charge in [-0.25, -0.2) is 0 Å². The normalized spacial score (nSPS) is 8.82. The van der Waals surface area contributed by atoms with Crippen molar-refractivity contribution in [3.63, 3.8) is 0 Å². The van der Waals surface area contributed by atoms with Gasteiger partial charge in [0.25, 0.3) is 0 Å². The van der Waals surface area contributed by atoms with Crippen LogP contribution in [0.3, 0.4) is 0 Å². The Morgan fingerprint density at radius 2 is 1.73 bits per heavy atom. The highest BCUT2D eigenvalue weighted by atomic mass is 79.9. The van der Waals surface area contributed by atoms with Crippen LogP contribution in [0.15, 0.2) is 24.3 Å². The number of nitrogen functional groups attached to an aromatic ring is 1. The fourth-order valence-electron chi connectivity index (χ4n) is 0.793. The minimum absolute atomic E-state index is 0. The van der Waals surface area contributed by atoms with Crippen molar-refractivity contribution in [3.05, 3.63) is 29.8 Å². The summed E-state index contributed by atoms with van der Waals surface area (Å²) in [4.78, 5) is 0. The molecule has 1 nitrogen and oxygen atoms in total. The van der Waals surface area contributed by atoms with E-state index in [-0.39, 0.29) is 12.4 Å². The molecule has 0 aliphatic rings. The average molecular weight is 237 g/mol. The second-order valence-electron chi connectivity index (χ2n) is 2.18. The van der Waals surface area contributed by atoms with Gasteiger partial charge >= 0.3 is 0 Å². The molecule has 0 radical (unpaired) electrons. The van der Waals surface area contributed by atoms with E-state index < -0.39 is 0 Å². The molecule has 0 spiro atoms. The molecule has 0 aliphatic carbocycles. The maximum absolute atomic E-state index is 5.51. The molecule has 0 aromatic heterocycles. The summed E-state index contributed by atoms with van der Waals surface area (Å²) >= 11 is 3.37.